The Labute approximate surface area is 172 Å². The second-order valence-corrected chi connectivity index (χ2v) is 7.59. The SMILES string of the molecule is CCn1c(=O)c(C(=O)CN2CCCCC2)c(N)n(Cc2ccc(Cl)c(F)c2)c1=O. The molecule has 1 aliphatic rings. The number of carbonyl (C=O) groups is 1. The largest absolute Gasteiger partial charge is 0.384 e. The highest BCUT2D eigenvalue weighted by atomic mass is 35.5. The summed E-state index contributed by atoms with van der Waals surface area (Å²) in [5.74, 6) is -1.23. The first-order valence-electron chi connectivity index (χ1n) is 9.66. The molecule has 2 aromatic rings. The number of nitrogen functional groups attached to an aromatic ring is 1. The number of nitrogens with zero attached hydrogens (tertiary/aromatic N) is 3. The second-order valence-electron chi connectivity index (χ2n) is 7.19. The molecule has 29 heavy (non-hydrogen) atoms. The van der Waals surface area contributed by atoms with Crippen molar-refractivity contribution in [3.8, 4) is 0 Å². The molecule has 1 saturated heterocycles. The normalized spacial score (nSPS) is 14.9. The van der Waals surface area contributed by atoms with E-state index in [9.17, 15) is 18.8 Å². The zero-order chi connectivity index (χ0) is 21.1. The van der Waals surface area contributed by atoms with Gasteiger partial charge in [-0.3, -0.25) is 23.6 Å². The van der Waals surface area contributed by atoms with Crippen LogP contribution in [0.15, 0.2) is 27.8 Å². The highest BCUT2D eigenvalue weighted by Gasteiger charge is 2.24. The molecule has 1 aromatic heterocycles. The fourth-order valence-electron chi connectivity index (χ4n) is 3.63. The minimum absolute atomic E-state index is 0.0370. The van der Waals surface area contributed by atoms with Crippen molar-refractivity contribution in [2.75, 3.05) is 25.4 Å². The molecular formula is C20H24ClFN4O3. The van der Waals surface area contributed by atoms with E-state index in [-0.39, 0.29) is 36.0 Å². The predicted octanol–water partition coefficient (Wildman–Crippen LogP) is 2.12. The summed E-state index contributed by atoms with van der Waals surface area (Å²) in [7, 11) is 0. The number of carbonyl (C=O) groups excluding carboxylic acids is 1. The zero-order valence-corrected chi connectivity index (χ0v) is 17.0. The van der Waals surface area contributed by atoms with E-state index in [2.05, 4.69) is 0 Å². The lowest BCUT2D eigenvalue weighted by molar-refractivity contribution is 0.0913. The second kappa shape index (κ2) is 8.92. The molecule has 3 rings (SSSR count). The van der Waals surface area contributed by atoms with Crippen LogP contribution in [0, 0.1) is 5.82 Å². The Morgan fingerprint density at radius 3 is 2.48 bits per heavy atom. The van der Waals surface area contributed by atoms with Crippen LogP contribution in [0.2, 0.25) is 5.02 Å². The maximum atomic E-state index is 13.8. The van der Waals surface area contributed by atoms with Crippen LogP contribution in [0.25, 0.3) is 0 Å². The molecule has 9 heteroatoms. The van der Waals surface area contributed by atoms with Crippen LogP contribution >= 0.6 is 11.6 Å². The molecule has 1 fully saturated rings. The number of rotatable bonds is 6. The standard InChI is InChI=1S/C20H24ClFN4O3/c1-2-25-19(28)17(16(27)12-24-8-4-3-5-9-24)18(23)26(20(25)29)11-13-6-7-14(21)15(22)10-13/h6-7,10H,2-5,8-9,11-12,23H2,1H3. The molecule has 0 amide bonds. The zero-order valence-electron chi connectivity index (χ0n) is 16.3. The molecular weight excluding hydrogens is 399 g/mol. The van der Waals surface area contributed by atoms with Gasteiger partial charge >= 0.3 is 5.69 Å². The summed E-state index contributed by atoms with van der Waals surface area (Å²) in [6.07, 6.45) is 3.13. The number of halogens is 2. The van der Waals surface area contributed by atoms with E-state index in [0.717, 1.165) is 41.5 Å². The summed E-state index contributed by atoms with van der Waals surface area (Å²) in [4.78, 5) is 40.4. The molecule has 2 N–H and O–H groups in total. The van der Waals surface area contributed by atoms with Crippen molar-refractivity contribution in [2.45, 2.75) is 39.3 Å². The van der Waals surface area contributed by atoms with E-state index in [1.54, 1.807) is 13.0 Å². The van der Waals surface area contributed by atoms with Crippen molar-refractivity contribution < 1.29 is 9.18 Å². The monoisotopic (exact) mass is 422 g/mol. The minimum Gasteiger partial charge on any atom is -0.384 e. The molecule has 0 unspecified atom stereocenters. The van der Waals surface area contributed by atoms with Crippen LogP contribution in [0.5, 0.6) is 0 Å². The number of anilines is 1. The molecule has 156 valence electrons. The van der Waals surface area contributed by atoms with Gasteiger partial charge in [-0.05, 0) is 50.6 Å². The number of hydrogen-bond acceptors (Lipinski definition) is 5. The van der Waals surface area contributed by atoms with E-state index in [4.69, 9.17) is 17.3 Å². The number of piperidine rings is 1. The van der Waals surface area contributed by atoms with Gasteiger partial charge in [-0.15, -0.1) is 0 Å². The summed E-state index contributed by atoms with van der Waals surface area (Å²) in [6, 6.07) is 4.14. The number of likely N-dealkylation sites (tertiary alicyclic amines) is 1. The van der Waals surface area contributed by atoms with Crippen LogP contribution < -0.4 is 17.0 Å². The van der Waals surface area contributed by atoms with Crippen molar-refractivity contribution in [1.82, 2.24) is 14.0 Å². The van der Waals surface area contributed by atoms with Gasteiger partial charge in [0.2, 0.25) is 0 Å². The first-order valence-corrected chi connectivity index (χ1v) is 10.0. The quantitative estimate of drug-likeness (QED) is 0.720. The topological polar surface area (TPSA) is 90.3 Å². The summed E-state index contributed by atoms with van der Waals surface area (Å²) < 4.78 is 15.9. The molecule has 7 nitrogen and oxygen atoms in total. The Morgan fingerprint density at radius 1 is 1.17 bits per heavy atom. The van der Waals surface area contributed by atoms with Gasteiger partial charge in [-0.1, -0.05) is 24.1 Å². The Morgan fingerprint density at radius 2 is 1.86 bits per heavy atom. The van der Waals surface area contributed by atoms with Gasteiger partial charge in [0.25, 0.3) is 5.56 Å². The van der Waals surface area contributed by atoms with Crippen molar-refractivity contribution >= 4 is 23.2 Å². The first kappa shape index (κ1) is 21.3. The third kappa shape index (κ3) is 4.43. The minimum atomic E-state index is -0.685. The summed E-state index contributed by atoms with van der Waals surface area (Å²) in [6.45, 7) is 3.32. The van der Waals surface area contributed by atoms with E-state index < -0.39 is 22.8 Å². The number of hydrogen-bond donors (Lipinski definition) is 1. The average molecular weight is 423 g/mol. The highest BCUT2D eigenvalue weighted by Crippen LogP contribution is 2.17. The van der Waals surface area contributed by atoms with Gasteiger partial charge in [0.1, 0.15) is 17.2 Å². The molecule has 0 radical (unpaired) electrons. The fraction of sp³-hybridized carbons (Fsp3) is 0.450. The molecule has 0 saturated carbocycles. The van der Waals surface area contributed by atoms with Gasteiger partial charge in [-0.25, -0.2) is 9.18 Å². The fourth-order valence-corrected chi connectivity index (χ4v) is 3.75. The van der Waals surface area contributed by atoms with Gasteiger partial charge in [0.05, 0.1) is 18.1 Å². The summed E-state index contributed by atoms with van der Waals surface area (Å²) >= 11 is 5.71. The Kier molecular flexibility index (Phi) is 6.54. The van der Waals surface area contributed by atoms with Crippen LogP contribution in [-0.2, 0) is 13.1 Å². The highest BCUT2D eigenvalue weighted by molar-refractivity contribution is 6.30. The summed E-state index contributed by atoms with van der Waals surface area (Å²) in [5.41, 5.74) is 5.05. The van der Waals surface area contributed by atoms with Crippen molar-refractivity contribution in [3.05, 3.63) is 61.0 Å². The molecule has 0 atom stereocenters. The molecule has 1 aliphatic heterocycles. The molecule has 0 spiro atoms. The van der Waals surface area contributed by atoms with E-state index in [1.165, 1.54) is 12.1 Å². The van der Waals surface area contributed by atoms with Crippen molar-refractivity contribution in [3.63, 3.8) is 0 Å². The predicted molar refractivity (Wildman–Crippen MR) is 110 cm³/mol. The third-order valence-electron chi connectivity index (χ3n) is 5.20. The number of Topliss-reactive ketones (excluding diaryl/α,β-unsaturated/α-hetero) is 1. The maximum absolute atomic E-state index is 13.8. The maximum Gasteiger partial charge on any atom is 0.332 e. The lowest BCUT2D eigenvalue weighted by Gasteiger charge is -2.26. The van der Waals surface area contributed by atoms with Crippen LogP contribution in [0.1, 0.15) is 42.1 Å². The van der Waals surface area contributed by atoms with E-state index >= 15 is 0 Å². The molecule has 1 aromatic carbocycles. The molecule has 2 heterocycles. The van der Waals surface area contributed by atoms with Crippen LogP contribution in [-0.4, -0.2) is 39.5 Å². The number of aromatic nitrogens is 2. The number of nitrogens with two attached hydrogens (primary N) is 1. The van der Waals surface area contributed by atoms with Crippen molar-refractivity contribution in [1.29, 1.82) is 0 Å². The van der Waals surface area contributed by atoms with Crippen LogP contribution in [0.3, 0.4) is 0 Å². The van der Waals surface area contributed by atoms with E-state index in [1.807, 2.05) is 4.90 Å². The Hall–Kier alpha value is -2.45. The van der Waals surface area contributed by atoms with Crippen LogP contribution in [0.4, 0.5) is 10.2 Å². The van der Waals surface area contributed by atoms with E-state index in [0.29, 0.717) is 5.56 Å². The third-order valence-corrected chi connectivity index (χ3v) is 5.51. The smallest absolute Gasteiger partial charge is 0.332 e. The first-order chi connectivity index (χ1) is 13.8. The lowest BCUT2D eigenvalue weighted by atomic mass is 10.1. The molecule has 0 aliphatic carbocycles. The van der Waals surface area contributed by atoms with Gasteiger partial charge < -0.3 is 5.73 Å². The Balaban J connectivity index is 2.03. The Bertz CT molecular complexity index is 1040. The average Bonchev–Trinajstić information content (AvgIpc) is 2.69. The van der Waals surface area contributed by atoms with Gasteiger partial charge in [-0.2, -0.15) is 0 Å². The molecule has 0 bridgehead atoms. The number of benzene rings is 1. The van der Waals surface area contributed by atoms with Gasteiger partial charge in [0, 0.05) is 6.54 Å². The van der Waals surface area contributed by atoms with Gasteiger partial charge in [0.15, 0.2) is 5.78 Å². The number of ketones is 1. The summed E-state index contributed by atoms with van der Waals surface area (Å²) in [5, 5.41) is -0.0370. The lowest BCUT2D eigenvalue weighted by Crippen LogP contribution is -2.45. The van der Waals surface area contributed by atoms with Crippen molar-refractivity contribution in [2.24, 2.45) is 0 Å².